The van der Waals surface area contributed by atoms with Crippen LogP contribution in [-0.4, -0.2) is 58.2 Å². The molecule has 6 heteroatoms. The number of hydrogen-bond donors (Lipinski definition) is 1. The van der Waals surface area contributed by atoms with Gasteiger partial charge in [-0.3, -0.25) is 4.79 Å². The van der Waals surface area contributed by atoms with Crippen molar-refractivity contribution in [2.45, 2.75) is 50.2 Å². The van der Waals surface area contributed by atoms with Crippen LogP contribution in [-0.2, 0) is 0 Å². The molecule has 0 atom stereocenters. The van der Waals surface area contributed by atoms with Crippen LogP contribution in [0.2, 0.25) is 0 Å². The van der Waals surface area contributed by atoms with E-state index < -0.39 is 11.7 Å². The van der Waals surface area contributed by atoms with Crippen LogP contribution in [0.3, 0.4) is 0 Å². The van der Waals surface area contributed by atoms with E-state index in [9.17, 15) is 14.7 Å². The highest BCUT2D eigenvalue weighted by Gasteiger charge is 2.45. The molecular formula is C19H24N2O4. The minimum Gasteiger partial charge on any atom is -0.484 e. The number of hydrogen-bond acceptors (Lipinski definition) is 3. The van der Waals surface area contributed by atoms with Gasteiger partial charge in [0.05, 0.1) is 12.1 Å². The van der Waals surface area contributed by atoms with E-state index in [0.717, 1.165) is 25.7 Å². The van der Waals surface area contributed by atoms with E-state index in [2.05, 4.69) is 0 Å². The molecule has 1 spiro atoms. The van der Waals surface area contributed by atoms with Gasteiger partial charge in [0.1, 0.15) is 11.4 Å². The van der Waals surface area contributed by atoms with Crippen molar-refractivity contribution in [1.29, 1.82) is 0 Å². The summed E-state index contributed by atoms with van der Waals surface area (Å²) < 4.78 is 6.39. The van der Waals surface area contributed by atoms with E-state index in [1.54, 1.807) is 0 Å². The van der Waals surface area contributed by atoms with Gasteiger partial charge in [-0.1, -0.05) is 25.0 Å². The zero-order valence-corrected chi connectivity index (χ0v) is 14.3. The number of likely N-dealkylation sites (tertiary alicyclic amines) is 1. The molecule has 1 saturated heterocycles. The summed E-state index contributed by atoms with van der Waals surface area (Å²) in [5, 5.41) is 9.23. The van der Waals surface area contributed by atoms with E-state index in [4.69, 9.17) is 4.74 Å². The number of fused-ring (bicyclic) bond motifs is 1. The third-order valence-electron chi connectivity index (χ3n) is 5.87. The second-order valence-electron chi connectivity index (χ2n) is 7.42. The van der Waals surface area contributed by atoms with Crippen molar-refractivity contribution in [2.75, 3.05) is 19.6 Å². The maximum Gasteiger partial charge on any atom is 0.407 e. The first kappa shape index (κ1) is 16.2. The number of ether oxygens (including phenoxy) is 1. The molecule has 2 aliphatic heterocycles. The summed E-state index contributed by atoms with van der Waals surface area (Å²) in [5.41, 5.74) is 0.142. The number of benzene rings is 1. The Morgan fingerprint density at radius 1 is 1.16 bits per heavy atom. The quantitative estimate of drug-likeness (QED) is 0.850. The monoisotopic (exact) mass is 344 g/mol. The molecule has 1 aliphatic carbocycles. The highest BCUT2D eigenvalue weighted by molar-refractivity contribution is 5.97. The molecular weight excluding hydrogens is 320 g/mol. The van der Waals surface area contributed by atoms with E-state index in [1.165, 1.54) is 4.90 Å². The van der Waals surface area contributed by atoms with E-state index >= 15 is 0 Å². The van der Waals surface area contributed by atoms with Crippen LogP contribution in [0.4, 0.5) is 4.79 Å². The number of nitrogens with zero attached hydrogens (tertiary/aromatic N) is 2. The summed E-state index contributed by atoms with van der Waals surface area (Å²) in [6, 6.07) is 7.73. The Morgan fingerprint density at radius 2 is 1.84 bits per heavy atom. The van der Waals surface area contributed by atoms with Crippen LogP contribution in [0.15, 0.2) is 24.3 Å². The fourth-order valence-corrected chi connectivity index (χ4v) is 4.41. The van der Waals surface area contributed by atoms with Gasteiger partial charge in [-0.2, -0.15) is 0 Å². The average Bonchev–Trinajstić information content (AvgIpc) is 3.11. The van der Waals surface area contributed by atoms with Gasteiger partial charge in [0.15, 0.2) is 0 Å². The molecule has 1 aromatic rings. The Labute approximate surface area is 147 Å². The first-order chi connectivity index (χ1) is 12.1. The molecule has 3 aliphatic rings. The minimum absolute atomic E-state index is 0.0556. The van der Waals surface area contributed by atoms with Crippen molar-refractivity contribution < 1.29 is 19.4 Å². The molecule has 2 fully saturated rings. The molecule has 134 valence electrons. The lowest BCUT2D eigenvalue weighted by Gasteiger charge is -2.43. The van der Waals surface area contributed by atoms with Gasteiger partial charge in [-0.05, 0) is 25.0 Å². The molecule has 0 aromatic heterocycles. The van der Waals surface area contributed by atoms with Crippen molar-refractivity contribution in [2.24, 2.45) is 0 Å². The van der Waals surface area contributed by atoms with Crippen molar-refractivity contribution in [1.82, 2.24) is 9.80 Å². The average molecular weight is 344 g/mol. The standard InChI is InChI=1S/C19H24N2O4/c22-17-15-7-3-4-8-16(15)25-19(9-11-20(12-10-19)18(23)24)13-21(17)14-5-1-2-6-14/h3-4,7-8,14H,1-2,5-6,9-13H2,(H,23,24). The lowest BCUT2D eigenvalue weighted by molar-refractivity contribution is -0.0179. The fourth-order valence-electron chi connectivity index (χ4n) is 4.41. The first-order valence-electron chi connectivity index (χ1n) is 9.15. The van der Waals surface area contributed by atoms with E-state index in [0.29, 0.717) is 43.8 Å². The van der Waals surface area contributed by atoms with Crippen LogP contribution in [0.25, 0.3) is 0 Å². The number of amides is 2. The number of para-hydroxylation sites is 1. The number of piperidine rings is 1. The van der Waals surface area contributed by atoms with Crippen molar-refractivity contribution >= 4 is 12.0 Å². The highest BCUT2D eigenvalue weighted by atomic mass is 16.5. The molecule has 2 heterocycles. The van der Waals surface area contributed by atoms with Gasteiger partial charge >= 0.3 is 6.09 Å². The van der Waals surface area contributed by atoms with Gasteiger partial charge < -0.3 is 19.6 Å². The number of carbonyl (C=O) groups excluding carboxylic acids is 1. The Bertz CT molecular complexity index is 676. The van der Waals surface area contributed by atoms with Gasteiger partial charge in [0.25, 0.3) is 5.91 Å². The number of carbonyl (C=O) groups is 2. The molecule has 4 rings (SSSR count). The summed E-state index contributed by atoms with van der Waals surface area (Å²) in [5.74, 6) is 0.691. The second kappa shape index (κ2) is 6.24. The predicted octanol–water partition coefficient (Wildman–Crippen LogP) is 2.98. The minimum atomic E-state index is -0.882. The van der Waals surface area contributed by atoms with E-state index in [1.807, 2.05) is 29.2 Å². The third kappa shape index (κ3) is 2.94. The van der Waals surface area contributed by atoms with E-state index in [-0.39, 0.29) is 11.9 Å². The Hall–Kier alpha value is -2.24. The van der Waals surface area contributed by atoms with Crippen LogP contribution in [0.1, 0.15) is 48.9 Å². The topological polar surface area (TPSA) is 70.1 Å². The summed E-state index contributed by atoms with van der Waals surface area (Å²) in [7, 11) is 0. The van der Waals surface area contributed by atoms with Gasteiger partial charge in [0, 0.05) is 32.0 Å². The van der Waals surface area contributed by atoms with Gasteiger partial charge in [0.2, 0.25) is 0 Å². The Balaban J connectivity index is 1.67. The SMILES string of the molecule is O=C(O)N1CCC2(CC1)CN(C1CCCC1)C(=O)c1ccccc1O2. The highest BCUT2D eigenvalue weighted by Crippen LogP contribution is 2.38. The molecule has 25 heavy (non-hydrogen) atoms. The Kier molecular flexibility index (Phi) is 4.06. The molecule has 0 bridgehead atoms. The molecule has 1 N–H and O–H groups in total. The smallest absolute Gasteiger partial charge is 0.407 e. The lowest BCUT2D eigenvalue weighted by atomic mass is 9.90. The molecule has 1 aromatic carbocycles. The van der Waals surface area contributed by atoms with Gasteiger partial charge in [-0.15, -0.1) is 0 Å². The maximum atomic E-state index is 13.2. The number of carboxylic acid groups (broad SMARTS) is 1. The summed E-state index contributed by atoms with van der Waals surface area (Å²) in [4.78, 5) is 27.8. The predicted molar refractivity (Wildman–Crippen MR) is 91.9 cm³/mol. The third-order valence-corrected chi connectivity index (χ3v) is 5.87. The molecule has 1 saturated carbocycles. The normalized spacial score (nSPS) is 23.3. The van der Waals surface area contributed by atoms with Crippen LogP contribution < -0.4 is 4.74 Å². The van der Waals surface area contributed by atoms with Crippen LogP contribution in [0, 0.1) is 0 Å². The van der Waals surface area contributed by atoms with Crippen LogP contribution in [0.5, 0.6) is 5.75 Å². The van der Waals surface area contributed by atoms with Crippen LogP contribution >= 0.6 is 0 Å². The van der Waals surface area contributed by atoms with Crippen molar-refractivity contribution in [3.8, 4) is 5.75 Å². The molecule has 0 radical (unpaired) electrons. The maximum absolute atomic E-state index is 13.2. The number of rotatable bonds is 1. The summed E-state index contributed by atoms with van der Waals surface area (Å²) in [6.07, 6.45) is 4.77. The first-order valence-corrected chi connectivity index (χ1v) is 9.15. The zero-order chi connectivity index (χ0) is 17.4. The molecule has 6 nitrogen and oxygen atoms in total. The van der Waals surface area contributed by atoms with Crippen molar-refractivity contribution in [3.63, 3.8) is 0 Å². The Morgan fingerprint density at radius 3 is 2.52 bits per heavy atom. The summed E-state index contributed by atoms with van der Waals surface area (Å²) >= 11 is 0. The fraction of sp³-hybridized carbons (Fsp3) is 0.579. The second-order valence-corrected chi connectivity index (χ2v) is 7.42. The molecule has 2 amide bonds. The largest absolute Gasteiger partial charge is 0.484 e. The van der Waals surface area contributed by atoms with Gasteiger partial charge in [-0.25, -0.2) is 4.79 Å². The zero-order valence-electron chi connectivity index (χ0n) is 14.3. The molecule has 0 unspecified atom stereocenters. The summed E-state index contributed by atoms with van der Waals surface area (Å²) in [6.45, 7) is 1.45. The van der Waals surface area contributed by atoms with Crippen molar-refractivity contribution in [3.05, 3.63) is 29.8 Å². The lowest BCUT2D eigenvalue weighted by Crippen LogP contribution is -2.56.